The van der Waals surface area contributed by atoms with Gasteiger partial charge < -0.3 is 15.8 Å². The summed E-state index contributed by atoms with van der Waals surface area (Å²) in [6.07, 6.45) is 7.98. The molecular weight excluding hydrogens is 428 g/mol. The average molecular weight is 455 g/mol. The molecule has 2 aliphatic rings. The van der Waals surface area contributed by atoms with Gasteiger partial charge in [0.1, 0.15) is 23.9 Å². The summed E-state index contributed by atoms with van der Waals surface area (Å²) < 4.78 is 33.8. The van der Waals surface area contributed by atoms with Crippen LogP contribution in [-0.4, -0.2) is 49.9 Å². The Bertz CT molecular complexity index is 1230. The molecule has 32 heavy (non-hydrogen) atoms. The molecule has 1 aliphatic carbocycles. The molecule has 0 saturated carbocycles. The lowest BCUT2D eigenvalue weighted by Crippen LogP contribution is -2.31. The number of anilines is 1. The molecule has 1 fully saturated rings. The molecule has 4 N–H and O–H groups in total. The number of nitrogen functional groups attached to an aromatic ring is 1. The molecule has 0 radical (unpaired) electrons. The lowest BCUT2D eigenvalue weighted by molar-refractivity contribution is 0.176. The van der Waals surface area contributed by atoms with Crippen molar-refractivity contribution in [3.63, 3.8) is 0 Å². The quantitative estimate of drug-likeness (QED) is 0.633. The van der Waals surface area contributed by atoms with E-state index < -0.39 is 10.0 Å². The van der Waals surface area contributed by atoms with E-state index in [0.29, 0.717) is 42.6 Å². The fourth-order valence-corrected chi connectivity index (χ4v) is 3.93. The lowest BCUT2D eigenvalue weighted by Gasteiger charge is -2.21. The van der Waals surface area contributed by atoms with Crippen molar-refractivity contribution in [2.75, 3.05) is 31.7 Å². The van der Waals surface area contributed by atoms with Gasteiger partial charge in [0.15, 0.2) is 0 Å². The molecule has 168 valence electrons. The number of morpholine rings is 1. The number of nitrogens with one attached hydrogen (secondary N) is 2. The van der Waals surface area contributed by atoms with Crippen molar-refractivity contribution < 1.29 is 13.2 Å². The van der Waals surface area contributed by atoms with Crippen LogP contribution in [0.1, 0.15) is 11.1 Å². The van der Waals surface area contributed by atoms with Crippen LogP contribution in [0.5, 0.6) is 0 Å². The van der Waals surface area contributed by atoms with Gasteiger partial charge in [-0.3, -0.25) is 4.72 Å². The third kappa shape index (κ3) is 5.27. The van der Waals surface area contributed by atoms with E-state index in [4.69, 9.17) is 10.5 Å². The predicted molar refractivity (Wildman–Crippen MR) is 125 cm³/mol. The number of benzene rings is 1. The van der Waals surface area contributed by atoms with Crippen molar-refractivity contribution in [3.8, 4) is 0 Å². The van der Waals surface area contributed by atoms with Gasteiger partial charge in [0.25, 0.3) is 0 Å². The van der Waals surface area contributed by atoms with Gasteiger partial charge in [0.2, 0.25) is 10.0 Å². The maximum Gasteiger partial charge on any atom is 0.229 e. The molecule has 1 aliphatic heterocycles. The number of nitrogens with two attached hydrogens (primary N) is 1. The number of hydrogen-bond acceptors (Lipinski definition) is 7. The van der Waals surface area contributed by atoms with E-state index >= 15 is 0 Å². The summed E-state index contributed by atoms with van der Waals surface area (Å²) in [5, 5.41) is 7.59. The molecule has 0 bridgehead atoms. The van der Waals surface area contributed by atoms with Crippen molar-refractivity contribution in [2.45, 2.75) is 13.5 Å². The Labute approximate surface area is 187 Å². The fourth-order valence-electron chi connectivity index (χ4n) is 3.37. The molecular formula is C22H26N6O3S. The van der Waals surface area contributed by atoms with Gasteiger partial charge in [-0.1, -0.05) is 29.8 Å². The van der Waals surface area contributed by atoms with Gasteiger partial charge in [0.05, 0.1) is 37.0 Å². The molecule has 0 spiro atoms. The number of rotatable bonds is 5. The number of aryl methyl sites for hydroxylation is 1. The first-order valence-electron chi connectivity index (χ1n) is 10.2. The van der Waals surface area contributed by atoms with E-state index in [1.165, 1.54) is 5.56 Å². The second-order valence-corrected chi connectivity index (χ2v) is 9.47. The zero-order chi connectivity index (χ0) is 22.7. The summed E-state index contributed by atoms with van der Waals surface area (Å²) in [6, 6.07) is 8.13. The topological polar surface area (TPSA) is 124 Å². The molecule has 0 unspecified atom stereocenters. The Balaban J connectivity index is 1.64. The first-order valence-corrected chi connectivity index (χ1v) is 12.1. The summed E-state index contributed by atoms with van der Waals surface area (Å²) in [5.74, 6) is 1.15. The van der Waals surface area contributed by atoms with Crippen LogP contribution < -0.4 is 15.8 Å². The largest absolute Gasteiger partial charge is 0.495 e. The van der Waals surface area contributed by atoms with Gasteiger partial charge in [0, 0.05) is 12.1 Å². The Morgan fingerprint density at radius 2 is 2.06 bits per heavy atom. The highest BCUT2D eigenvalue weighted by Gasteiger charge is 2.19. The van der Waals surface area contributed by atoms with Crippen LogP contribution in [0.4, 0.5) is 11.5 Å². The summed E-state index contributed by atoms with van der Waals surface area (Å²) in [7, 11) is -3.52. The van der Waals surface area contributed by atoms with Gasteiger partial charge in [-0.05, 0) is 30.7 Å². The van der Waals surface area contributed by atoms with Gasteiger partial charge >= 0.3 is 0 Å². The number of ether oxygens (including phenoxy) is 1. The van der Waals surface area contributed by atoms with Crippen LogP contribution in [0.3, 0.4) is 0 Å². The van der Waals surface area contributed by atoms with Gasteiger partial charge in [-0.15, -0.1) is 0 Å². The summed E-state index contributed by atoms with van der Waals surface area (Å²) >= 11 is 0. The van der Waals surface area contributed by atoms with Crippen molar-refractivity contribution in [1.29, 1.82) is 0 Å². The Morgan fingerprint density at radius 1 is 1.28 bits per heavy atom. The van der Waals surface area contributed by atoms with Crippen molar-refractivity contribution in [1.82, 2.24) is 19.8 Å². The Hall–Kier alpha value is -3.37. The second-order valence-electron chi connectivity index (χ2n) is 7.72. The zero-order valence-corrected chi connectivity index (χ0v) is 18.8. The van der Waals surface area contributed by atoms with Crippen molar-refractivity contribution in [2.24, 2.45) is 4.99 Å². The molecule has 0 amide bonds. The maximum atomic E-state index is 11.9. The van der Waals surface area contributed by atoms with E-state index in [9.17, 15) is 8.42 Å². The number of nitrogens with zero attached hydrogens (tertiary/aromatic N) is 3. The number of allylic oxidation sites excluding steroid dienone is 4. The second kappa shape index (κ2) is 9.01. The Morgan fingerprint density at radius 3 is 2.75 bits per heavy atom. The molecule has 1 aromatic heterocycles. The van der Waals surface area contributed by atoms with E-state index in [1.54, 1.807) is 23.0 Å². The molecule has 2 aromatic rings. The maximum absolute atomic E-state index is 11.9. The first kappa shape index (κ1) is 21.8. The van der Waals surface area contributed by atoms with E-state index in [1.807, 2.05) is 37.3 Å². The van der Waals surface area contributed by atoms with E-state index in [2.05, 4.69) is 20.1 Å². The number of sulfonamides is 1. The number of hydrogen-bond donors (Lipinski definition) is 3. The van der Waals surface area contributed by atoms with Crippen LogP contribution in [0, 0.1) is 6.92 Å². The minimum Gasteiger partial charge on any atom is -0.495 e. The van der Waals surface area contributed by atoms with Crippen molar-refractivity contribution >= 4 is 27.2 Å². The molecule has 9 nitrogen and oxygen atoms in total. The van der Waals surface area contributed by atoms with E-state index in [-0.39, 0.29) is 0 Å². The van der Waals surface area contributed by atoms with E-state index in [0.717, 1.165) is 29.7 Å². The van der Waals surface area contributed by atoms with Gasteiger partial charge in [-0.25, -0.2) is 18.1 Å². The average Bonchev–Trinajstić information content (AvgIpc) is 3.10. The van der Waals surface area contributed by atoms with Crippen LogP contribution in [0.25, 0.3) is 0 Å². The molecule has 2 heterocycles. The fraction of sp³-hybridized carbons (Fsp3) is 0.273. The van der Waals surface area contributed by atoms with Crippen LogP contribution in [0.2, 0.25) is 0 Å². The summed E-state index contributed by atoms with van der Waals surface area (Å²) in [5.41, 5.74) is 10.6. The smallest absolute Gasteiger partial charge is 0.229 e. The highest BCUT2D eigenvalue weighted by atomic mass is 32.2. The molecule has 1 aromatic carbocycles. The third-order valence-corrected chi connectivity index (χ3v) is 5.60. The Kier molecular flexibility index (Phi) is 6.15. The van der Waals surface area contributed by atoms with Crippen LogP contribution in [0.15, 0.2) is 70.7 Å². The summed E-state index contributed by atoms with van der Waals surface area (Å²) in [6.45, 7) is 4.46. The van der Waals surface area contributed by atoms with Crippen molar-refractivity contribution in [3.05, 3.63) is 76.8 Å². The number of aliphatic imine (C=N–C) groups is 1. The predicted octanol–water partition coefficient (Wildman–Crippen LogP) is 1.77. The first-order chi connectivity index (χ1) is 15.3. The lowest BCUT2D eigenvalue weighted by atomic mass is 10.0. The van der Waals surface area contributed by atoms with Crippen LogP contribution in [-0.2, 0) is 21.3 Å². The monoisotopic (exact) mass is 454 g/mol. The molecule has 1 saturated heterocycles. The van der Waals surface area contributed by atoms with Gasteiger partial charge in [-0.2, -0.15) is 5.10 Å². The highest BCUT2D eigenvalue weighted by molar-refractivity contribution is 7.88. The summed E-state index contributed by atoms with van der Waals surface area (Å²) in [4.78, 5) is 4.59. The van der Waals surface area contributed by atoms with Crippen LogP contribution >= 0.6 is 0 Å². The number of aromatic nitrogens is 2. The molecule has 4 rings (SSSR count). The molecule has 10 heteroatoms. The standard InChI is InChI=1S/C22H26N6O3S/c1-15-3-5-16(6-4-15)14-28-22(23)20(12-25-28)26-18-8-7-17(21-13-24-9-10-31-21)11-19(18)27-32(2,29)30/h3-8,11-12,24,27H,9-10,13-14,23H2,1-2H3/b21-17+,26-18-. The highest BCUT2D eigenvalue weighted by Crippen LogP contribution is 2.26. The zero-order valence-electron chi connectivity index (χ0n) is 18.0. The minimum absolute atomic E-state index is 0.345. The SMILES string of the molecule is Cc1ccc(Cn2ncc(/N=C3C=C/C(=C4/CNCCO4)C=C/3NS(C)(=O)=O)c2N)cc1. The molecule has 0 atom stereocenters. The minimum atomic E-state index is -3.52. The normalized spacial score (nSPS) is 20.2. The third-order valence-electron chi connectivity index (χ3n) is 5.01.